The molecule has 1 unspecified atom stereocenters. The third-order valence-corrected chi connectivity index (χ3v) is 3.40. The van der Waals surface area contributed by atoms with E-state index in [1.807, 2.05) is 10.7 Å². The predicted octanol–water partition coefficient (Wildman–Crippen LogP) is 2.47. The van der Waals surface area contributed by atoms with Crippen molar-refractivity contribution in [2.45, 2.75) is 39.3 Å². The van der Waals surface area contributed by atoms with Crippen molar-refractivity contribution in [1.29, 1.82) is 0 Å². The first-order valence-electron chi connectivity index (χ1n) is 5.57. The van der Waals surface area contributed by atoms with Crippen LogP contribution >= 0.6 is 11.8 Å². The lowest BCUT2D eigenvalue weighted by molar-refractivity contribution is 0.191. The summed E-state index contributed by atoms with van der Waals surface area (Å²) in [6.45, 7) is 5.15. The van der Waals surface area contributed by atoms with Crippen LogP contribution in [0.2, 0.25) is 0 Å². The average Bonchev–Trinajstić information content (AvgIpc) is 2.67. The fourth-order valence-corrected chi connectivity index (χ4v) is 2.30. The van der Waals surface area contributed by atoms with Crippen molar-refractivity contribution >= 4 is 11.8 Å². The molecule has 0 radical (unpaired) electrons. The van der Waals surface area contributed by atoms with E-state index in [1.165, 1.54) is 0 Å². The molecule has 3 nitrogen and oxygen atoms in total. The molecule has 1 atom stereocenters. The molecule has 0 aliphatic heterocycles. The van der Waals surface area contributed by atoms with Gasteiger partial charge in [0.15, 0.2) is 0 Å². The van der Waals surface area contributed by atoms with Gasteiger partial charge in [0, 0.05) is 18.5 Å². The first-order valence-corrected chi connectivity index (χ1v) is 6.72. The van der Waals surface area contributed by atoms with Crippen LogP contribution in [-0.2, 0) is 6.54 Å². The molecule has 0 aromatic carbocycles. The Hall–Kier alpha value is -0.480. The van der Waals surface area contributed by atoms with Gasteiger partial charge >= 0.3 is 0 Å². The summed E-state index contributed by atoms with van der Waals surface area (Å²) < 4.78 is 1.90. The Kier molecular flexibility index (Phi) is 5.79. The molecule has 0 bridgehead atoms. The van der Waals surface area contributed by atoms with E-state index in [9.17, 15) is 5.11 Å². The van der Waals surface area contributed by atoms with Gasteiger partial charge in [0.1, 0.15) is 6.10 Å². The summed E-state index contributed by atoms with van der Waals surface area (Å²) in [6, 6.07) is 1.91. The topological polar surface area (TPSA) is 38.1 Å². The minimum Gasteiger partial charge on any atom is -0.386 e. The monoisotopic (exact) mass is 228 g/mol. The smallest absolute Gasteiger partial charge is 0.105 e. The number of hydrogen-bond acceptors (Lipinski definition) is 3. The molecule has 0 saturated carbocycles. The van der Waals surface area contributed by atoms with E-state index in [0.717, 1.165) is 36.6 Å². The maximum atomic E-state index is 9.96. The molecule has 0 saturated heterocycles. The summed E-state index contributed by atoms with van der Waals surface area (Å²) in [5.74, 6) is 1.88. The molecule has 0 aliphatic carbocycles. The molecule has 1 aromatic heterocycles. The Morgan fingerprint density at radius 2 is 2.27 bits per heavy atom. The van der Waals surface area contributed by atoms with Crippen LogP contribution in [0.4, 0.5) is 0 Å². The molecule has 1 heterocycles. The van der Waals surface area contributed by atoms with Gasteiger partial charge < -0.3 is 5.11 Å². The molecular formula is C11H20N2OS. The van der Waals surface area contributed by atoms with Crippen molar-refractivity contribution in [3.05, 3.63) is 18.0 Å². The predicted molar refractivity (Wildman–Crippen MR) is 65.1 cm³/mol. The highest BCUT2D eigenvalue weighted by Crippen LogP contribution is 2.18. The summed E-state index contributed by atoms with van der Waals surface area (Å²) in [5.41, 5.74) is 0.945. The molecule has 1 N–H and O–H groups in total. The number of aromatic nitrogens is 2. The summed E-state index contributed by atoms with van der Waals surface area (Å²) in [7, 11) is 0. The first-order chi connectivity index (χ1) is 7.29. The Bertz CT molecular complexity index is 275. The number of hydrogen-bond donors (Lipinski definition) is 1. The van der Waals surface area contributed by atoms with Gasteiger partial charge in [-0.3, -0.25) is 4.68 Å². The van der Waals surface area contributed by atoms with Crippen molar-refractivity contribution in [3.63, 3.8) is 0 Å². The second kappa shape index (κ2) is 6.90. The molecule has 15 heavy (non-hydrogen) atoms. The lowest BCUT2D eigenvalue weighted by Gasteiger charge is -2.12. The number of aliphatic hydroxyl groups is 1. The van der Waals surface area contributed by atoms with Crippen LogP contribution in [0.1, 0.15) is 38.5 Å². The highest BCUT2D eigenvalue weighted by Gasteiger charge is 2.12. The van der Waals surface area contributed by atoms with E-state index < -0.39 is 0 Å². The van der Waals surface area contributed by atoms with Crippen LogP contribution in [0.15, 0.2) is 12.3 Å². The summed E-state index contributed by atoms with van der Waals surface area (Å²) in [4.78, 5) is 0. The maximum Gasteiger partial charge on any atom is 0.105 e. The number of aliphatic hydroxyl groups excluding tert-OH is 1. The number of aryl methyl sites for hydroxylation is 1. The quantitative estimate of drug-likeness (QED) is 0.729. The largest absolute Gasteiger partial charge is 0.386 e. The summed E-state index contributed by atoms with van der Waals surface area (Å²) in [5, 5.41) is 14.2. The fraction of sp³-hybridized carbons (Fsp3) is 0.727. The number of nitrogens with zero attached hydrogens (tertiary/aromatic N) is 2. The standard InChI is InChI=1S/C11H20N2OS/c1-3-7-13-10(5-6-12-13)11(14)9-15-8-4-2/h5-6,11,14H,3-4,7-9H2,1-2H3. The SMILES string of the molecule is CCCSCC(O)c1ccnn1CCC. The Morgan fingerprint density at radius 1 is 1.47 bits per heavy atom. The van der Waals surface area contributed by atoms with Crippen molar-refractivity contribution in [1.82, 2.24) is 9.78 Å². The van der Waals surface area contributed by atoms with Crippen LogP contribution in [0.5, 0.6) is 0 Å². The van der Waals surface area contributed by atoms with Gasteiger partial charge in [-0.25, -0.2) is 0 Å². The minimum atomic E-state index is -0.379. The summed E-state index contributed by atoms with van der Waals surface area (Å²) in [6.07, 6.45) is 3.59. The van der Waals surface area contributed by atoms with Gasteiger partial charge in [-0.1, -0.05) is 13.8 Å². The third-order valence-electron chi connectivity index (χ3n) is 2.15. The van der Waals surface area contributed by atoms with Gasteiger partial charge in [-0.2, -0.15) is 16.9 Å². The molecule has 0 amide bonds. The Labute approximate surface area is 95.9 Å². The second-order valence-corrected chi connectivity index (χ2v) is 4.72. The zero-order valence-corrected chi connectivity index (χ0v) is 10.3. The van der Waals surface area contributed by atoms with Crippen LogP contribution < -0.4 is 0 Å². The molecule has 4 heteroatoms. The average molecular weight is 228 g/mol. The molecule has 1 aromatic rings. The molecule has 1 rings (SSSR count). The zero-order chi connectivity index (χ0) is 11.1. The lowest BCUT2D eigenvalue weighted by atomic mass is 10.3. The van der Waals surface area contributed by atoms with E-state index >= 15 is 0 Å². The fourth-order valence-electron chi connectivity index (χ4n) is 1.45. The van der Waals surface area contributed by atoms with E-state index in [0.29, 0.717) is 0 Å². The number of rotatable bonds is 7. The van der Waals surface area contributed by atoms with E-state index in [4.69, 9.17) is 0 Å². The number of thioether (sulfide) groups is 1. The summed E-state index contributed by atoms with van der Waals surface area (Å²) >= 11 is 1.80. The van der Waals surface area contributed by atoms with Gasteiger partial charge in [0.25, 0.3) is 0 Å². The highest BCUT2D eigenvalue weighted by molar-refractivity contribution is 7.99. The van der Waals surface area contributed by atoms with Crippen LogP contribution in [0, 0.1) is 0 Å². The molecule has 86 valence electrons. The second-order valence-electron chi connectivity index (χ2n) is 3.57. The van der Waals surface area contributed by atoms with Crippen molar-refractivity contribution in [2.24, 2.45) is 0 Å². The lowest BCUT2D eigenvalue weighted by Crippen LogP contribution is -2.10. The Balaban J connectivity index is 2.48. The van der Waals surface area contributed by atoms with Crippen LogP contribution in [0.25, 0.3) is 0 Å². The van der Waals surface area contributed by atoms with Crippen LogP contribution in [-0.4, -0.2) is 26.4 Å². The van der Waals surface area contributed by atoms with Gasteiger partial charge in [0.2, 0.25) is 0 Å². The van der Waals surface area contributed by atoms with E-state index in [1.54, 1.807) is 18.0 Å². The molecule has 0 spiro atoms. The molecular weight excluding hydrogens is 208 g/mol. The van der Waals surface area contributed by atoms with Crippen molar-refractivity contribution in [2.75, 3.05) is 11.5 Å². The molecule has 0 aliphatic rings. The zero-order valence-electron chi connectivity index (χ0n) is 9.52. The van der Waals surface area contributed by atoms with Gasteiger partial charge in [0.05, 0.1) is 5.69 Å². The minimum absolute atomic E-state index is 0.379. The van der Waals surface area contributed by atoms with Crippen LogP contribution in [0.3, 0.4) is 0 Å². The van der Waals surface area contributed by atoms with E-state index in [-0.39, 0.29) is 6.10 Å². The van der Waals surface area contributed by atoms with Gasteiger partial charge in [-0.05, 0) is 24.7 Å². The van der Waals surface area contributed by atoms with Crippen molar-refractivity contribution < 1.29 is 5.11 Å². The third kappa shape index (κ3) is 3.87. The normalized spacial score (nSPS) is 13.0. The highest BCUT2D eigenvalue weighted by atomic mass is 32.2. The van der Waals surface area contributed by atoms with Gasteiger partial charge in [-0.15, -0.1) is 0 Å². The van der Waals surface area contributed by atoms with E-state index in [2.05, 4.69) is 18.9 Å². The first kappa shape index (κ1) is 12.6. The van der Waals surface area contributed by atoms with Crippen molar-refractivity contribution in [3.8, 4) is 0 Å². The molecule has 0 fully saturated rings. The Morgan fingerprint density at radius 3 is 2.93 bits per heavy atom. The maximum absolute atomic E-state index is 9.96.